The molecule has 0 spiro atoms. The van der Waals surface area contributed by atoms with E-state index in [9.17, 15) is 0 Å². The first-order valence-electron chi connectivity index (χ1n) is 5.86. The molecule has 6 heteroatoms. The molecule has 0 atom stereocenters. The minimum Gasteiger partial charge on any atom is -0.389 e. The van der Waals surface area contributed by atoms with Crippen molar-refractivity contribution in [2.75, 3.05) is 38.7 Å². The first kappa shape index (κ1) is 13.5. The molecule has 0 unspecified atom stereocenters. The lowest BCUT2D eigenvalue weighted by molar-refractivity contribution is 0.179. The first-order chi connectivity index (χ1) is 8.56. The number of nitrogens with two attached hydrogens (primary N) is 1. The van der Waals surface area contributed by atoms with E-state index in [-0.39, 0.29) is 0 Å². The number of anilines is 1. The SMILES string of the molecule is CN1CCN(Nc2ccc(Cl)cc2C(N)=S)CC1. The molecule has 4 nitrogen and oxygen atoms in total. The van der Waals surface area contributed by atoms with Gasteiger partial charge in [-0.05, 0) is 25.2 Å². The number of likely N-dealkylation sites (N-methyl/N-ethyl adjacent to an activating group) is 1. The molecule has 1 aliphatic rings. The summed E-state index contributed by atoms with van der Waals surface area (Å²) in [4.78, 5) is 2.66. The molecule has 1 aliphatic heterocycles. The molecule has 1 aromatic carbocycles. The maximum atomic E-state index is 5.96. The fourth-order valence-corrected chi connectivity index (χ4v) is 2.25. The average Bonchev–Trinajstić information content (AvgIpc) is 2.34. The molecule has 0 bridgehead atoms. The second-order valence-electron chi connectivity index (χ2n) is 4.46. The summed E-state index contributed by atoms with van der Waals surface area (Å²) in [5, 5.41) is 2.81. The van der Waals surface area contributed by atoms with Crippen molar-refractivity contribution in [1.29, 1.82) is 0 Å². The van der Waals surface area contributed by atoms with Crippen molar-refractivity contribution in [3.05, 3.63) is 28.8 Å². The van der Waals surface area contributed by atoms with Gasteiger partial charge in [-0.3, -0.25) is 0 Å². The first-order valence-corrected chi connectivity index (χ1v) is 6.64. The summed E-state index contributed by atoms with van der Waals surface area (Å²) in [6.07, 6.45) is 0. The number of hydrazine groups is 1. The highest BCUT2D eigenvalue weighted by Gasteiger charge is 2.15. The number of hydrogen-bond acceptors (Lipinski definition) is 4. The van der Waals surface area contributed by atoms with E-state index >= 15 is 0 Å². The van der Waals surface area contributed by atoms with Crippen LogP contribution in [0.3, 0.4) is 0 Å². The third-order valence-electron chi connectivity index (χ3n) is 3.03. The Hall–Kier alpha value is -0.880. The van der Waals surface area contributed by atoms with Gasteiger partial charge in [-0.2, -0.15) is 0 Å². The lowest BCUT2D eigenvalue weighted by atomic mass is 10.2. The summed E-state index contributed by atoms with van der Waals surface area (Å²) in [6.45, 7) is 4.03. The molecule has 1 aromatic rings. The number of hydrogen-bond donors (Lipinski definition) is 2. The van der Waals surface area contributed by atoms with Crippen LogP contribution in [0.1, 0.15) is 5.56 Å². The highest BCUT2D eigenvalue weighted by molar-refractivity contribution is 7.80. The number of halogens is 1. The molecule has 0 amide bonds. The van der Waals surface area contributed by atoms with Crippen LogP contribution in [0.15, 0.2) is 18.2 Å². The molecular formula is C12H17ClN4S. The van der Waals surface area contributed by atoms with Gasteiger partial charge in [0.2, 0.25) is 0 Å². The zero-order chi connectivity index (χ0) is 13.1. The van der Waals surface area contributed by atoms with Gasteiger partial charge in [0.25, 0.3) is 0 Å². The number of rotatable bonds is 3. The fourth-order valence-electron chi connectivity index (χ4n) is 1.91. The Morgan fingerprint density at radius 3 is 2.61 bits per heavy atom. The lowest BCUT2D eigenvalue weighted by Crippen LogP contribution is -2.47. The Morgan fingerprint density at radius 1 is 1.33 bits per heavy atom. The molecule has 0 saturated carbocycles. The molecule has 3 N–H and O–H groups in total. The van der Waals surface area contributed by atoms with Crippen LogP contribution in [0.5, 0.6) is 0 Å². The number of benzene rings is 1. The van der Waals surface area contributed by atoms with Gasteiger partial charge < -0.3 is 16.1 Å². The van der Waals surface area contributed by atoms with E-state index in [0.29, 0.717) is 10.0 Å². The van der Waals surface area contributed by atoms with Crippen LogP contribution in [-0.4, -0.2) is 48.1 Å². The van der Waals surface area contributed by atoms with E-state index in [0.717, 1.165) is 37.4 Å². The maximum absolute atomic E-state index is 5.96. The minimum atomic E-state index is 0.356. The predicted molar refractivity (Wildman–Crippen MR) is 80.0 cm³/mol. The van der Waals surface area contributed by atoms with Gasteiger partial charge >= 0.3 is 0 Å². The van der Waals surface area contributed by atoms with Crippen molar-refractivity contribution in [2.45, 2.75) is 0 Å². The second kappa shape index (κ2) is 5.84. The zero-order valence-corrected chi connectivity index (χ0v) is 11.9. The van der Waals surface area contributed by atoms with E-state index in [1.165, 1.54) is 0 Å². The smallest absolute Gasteiger partial charge is 0.106 e. The van der Waals surface area contributed by atoms with Crippen LogP contribution in [0.25, 0.3) is 0 Å². The van der Waals surface area contributed by atoms with Gasteiger partial charge in [-0.25, -0.2) is 5.01 Å². The molecule has 0 aliphatic carbocycles. The van der Waals surface area contributed by atoms with Gasteiger partial charge in [-0.1, -0.05) is 23.8 Å². The van der Waals surface area contributed by atoms with Crippen LogP contribution < -0.4 is 11.2 Å². The van der Waals surface area contributed by atoms with Crippen molar-refractivity contribution in [2.24, 2.45) is 5.73 Å². The van der Waals surface area contributed by atoms with Crippen molar-refractivity contribution in [3.8, 4) is 0 Å². The van der Waals surface area contributed by atoms with Crippen LogP contribution in [0, 0.1) is 0 Å². The third kappa shape index (κ3) is 3.32. The standard InChI is InChI=1S/C12H17ClN4S/c1-16-4-6-17(7-5-16)15-11-3-2-9(13)8-10(11)12(14)18/h2-3,8,15H,4-7H2,1H3,(H2,14,18). The molecule has 0 radical (unpaired) electrons. The van der Waals surface area contributed by atoms with Gasteiger partial charge in [0.1, 0.15) is 4.99 Å². The minimum absolute atomic E-state index is 0.356. The van der Waals surface area contributed by atoms with Crippen molar-refractivity contribution in [3.63, 3.8) is 0 Å². The van der Waals surface area contributed by atoms with Crippen LogP contribution >= 0.6 is 23.8 Å². The molecule has 0 aromatic heterocycles. The summed E-state index contributed by atoms with van der Waals surface area (Å²) >= 11 is 11.0. The maximum Gasteiger partial charge on any atom is 0.106 e. The molecular weight excluding hydrogens is 268 g/mol. The summed E-state index contributed by atoms with van der Waals surface area (Å²) in [6, 6.07) is 5.54. The summed E-state index contributed by atoms with van der Waals surface area (Å²) in [7, 11) is 2.13. The van der Waals surface area contributed by atoms with Gasteiger partial charge in [0.05, 0.1) is 5.69 Å². The van der Waals surface area contributed by atoms with Crippen molar-refractivity contribution < 1.29 is 0 Å². The van der Waals surface area contributed by atoms with Gasteiger partial charge in [-0.15, -0.1) is 0 Å². The monoisotopic (exact) mass is 284 g/mol. The molecule has 2 rings (SSSR count). The zero-order valence-electron chi connectivity index (χ0n) is 10.3. The average molecular weight is 285 g/mol. The Balaban J connectivity index is 2.11. The summed E-state index contributed by atoms with van der Waals surface area (Å²) < 4.78 is 0. The molecule has 18 heavy (non-hydrogen) atoms. The quantitative estimate of drug-likeness (QED) is 0.825. The normalized spacial score (nSPS) is 17.7. The Bertz CT molecular complexity index is 444. The third-order valence-corrected chi connectivity index (χ3v) is 3.48. The number of thiocarbonyl (C=S) groups is 1. The van der Waals surface area contributed by atoms with Gasteiger partial charge in [0.15, 0.2) is 0 Å². The summed E-state index contributed by atoms with van der Waals surface area (Å²) in [5.74, 6) is 0. The van der Waals surface area contributed by atoms with E-state index in [1.54, 1.807) is 6.07 Å². The number of nitrogens with one attached hydrogen (secondary N) is 1. The Labute approximate surface area is 118 Å². The van der Waals surface area contributed by atoms with Crippen LogP contribution in [0.4, 0.5) is 5.69 Å². The van der Waals surface area contributed by atoms with Crippen LogP contribution in [0.2, 0.25) is 5.02 Å². The highest BCUT2D eigenvalue weighted by Crippen LogP contribution is 2.21. The lowest BCUT2D eigenvalue weighted by Gasteiger charge is -2.33. The molecule has 1 heterocycles. The van der Waals surface area contributed by atoms with E-state index in [1.807, 2.05) is 12.1 Å². The van der Waals surface area contributed by atoms with Crippen LogP contribution in [-0.2, 0) is 0 Å². The number of piperazine rings is 1. The van der Waals surface area contributed by atoms with Gasteiger partial charge in [0, 0.05) is 36.8 Å². The highest BCUT2D eigenvalue weighted by atomic mass is 35.5. The summed E-state index contributed by atoms with van der Waals surface area (Å²) in [5.41, 5.74) is 10.8. The molecule has 1 saturated heterocycles. The largest absolute Gasteiger partial charge is 0.389 e. The van der Waals surface area contributed by atoms with E-state index in [2.05, 4.69) is 22.4 Å². The predicted octanol–water partition coefficient (Wildman–Crippen LogP) is 1.55. The Kier molecular flexibility index (Phi) is 4.40. The van der Waals surface area contributed by atoms with Crippen molar-refractivity contribution in [1.82, 2.24) is 9.91 Å². The molecule has 1 fully saturated rings. The van der Waals surface area contributed by atoms with Crippen molar-refractivity contribution >= 4 is 34.5 Å². The Morgan fingerprint density at radius 2 is 2.00 bits per heavy atom. The van der Waals surface area contributed by atoms with E-state index < -0.39 is 0 Å². The van der Waals surface area contributed by atoms with E-state index in [4.69, 9.17) is 29.6 Å². The second-order valence-corrected chi connectivity index (χ2v) is 5.33. The fraction of sp³-hybridized carbons (Fsp3) is 0.417. The molecule has 98 valence electrons. The topological polar surface area (TPSA) is 44.5 Å². The number of nitrogens with zero attached hydrogens (tertiary/aromatic N) is 2.